The van der Waals surface area contributed by atoms with Crippen LogP contribution >= 0.6 is 0 Å². The molecule has 1 aromatic carbocycles. The van der Waals surface area contributed by atoms with Crippen LogP contribution in [-0.4, -0.2) is 49.6 Å². The lowest BCUT2D eigenvalue weighted by Gasteiger charge is -2.39. The van der Waals surface area contributed by atoms with Gasteiger partial charge in [-0.05, 0) is 30.0 Å². The molecule has 0 atom stereocenters. The van der Waals surface area contributed by atoms with E-state index in [-0.39, 0.29) is 17.2 Å². The van der Waals surface area contributed by atoms with Crippen LogP contribution in [0.3, 0.4) is 0 Å². The van der Waals surface area contributed by atoms with Crippen molar-refractivity contribution in [2.45, 2.75) is 39.3 Å². The van der Waals surface area contributed by atoms with Crippen LogP contribution < -0.4 is 9.80 Å². The van der Waals surface area contributed by atoms with E-state index < -0.39 is 11.7 Å². The van der Waals surface area contributed by atoms with Crippen molar-refractivity contribution in [3.63, 3.8) is 0 Å². The number of piperidine rings is 1. The molecule has 2 fully saturated rings. The summed E-state index contributed by atoms with van der Waals surface area (Å²) in [6, 6.07) is 5.35. The molecule has 8 heteroatoms. The maximum absolute atomic E-state index is 12.9. The van der Waals surface area contributed by atoms with Gasteiger partial charge in [-0.15, -0.1) is 0 Å². The molecule has 0 aliphatic carbocycles. The Morgan fingerprint density at radius 3 is 2.25 bits per heavy atom. The molecule has 0 radical (unpaired) electrons. The summed E-state index contributed by atoms with van der Waals surface area (Å²) in [4.78, 5) is 29.3. The predicted octanol–water partition coefficient (Wildman–Crippen LogP) is 1.93. The summed E-state index contributed by atoms with van der Waals surface area (Å²) >= 11 is 0. The number of nitrogens with one attached hydrogen (secondary N) is 1. The molecular weight excluding hydrogens is 371 g/mol. The molecule has 0 unspecified atom stereocenters. The van der Waals surface area contributed by atoms with Crippen molar-refractivity contribution in [2.75, 3.05) is 37.7 Å². The Labute approximate surface area is 163 Å². The molecule has 2 aliphatic rings. The maximum Gasteiger partial charge on any atom is 0.416 e. The first kappa shape index (κ1) is 20.6. The number of nitrogens with zero attached hydrogens (tertiary/aromatic N) is 2. The van der Waals surface area contributed by atoms with Gasteiger partial charge in [-0.3, -0.25) is 9.59 Å². The van der Waals surface area contributed by atoms with Crippen molar-refractivity contribution in [2.24, 2.45) is 5.41 Å². The zero-order valence-corrected chi connectivity index (χ0v) is 16.3. The van der Waals surface area contributed by atoms with Crippen LogP contribution in [-0.2, 0) is 15.8 Å². The van der Waals surface area contributed by atoms with Gasteiger partial charge in [0.05, 0.1) is 31.7 Å². The minimum atomic E-state index is -4.36. The Hall–Kier alpha value is -2.09. The number of carbonyl (C=O) groups excluding carboxylic acids is 2. The molecule has 154 valence electrons. The lowest BCUT2D eigenvalue weighted by molar-refractivity contribution is -0.908. The standard InChI is InChI=1S/C20H26F3N3O2/c1-3-19(2)12-17(27)26(18(28)13-19)14-24-7-9-25(10-8-24)16-6-4-5-15(11-16)20(21,22)23/h4-6,11H,3,7-10,12-14H2,1-2H3/p+1. The molecule has 2 amide bonds. The third kappa shape index (κ3) is 4.48. The summed E-state index contributed by atoms with van der Waals surface area (Å²) in [5.41, 5.74) is -0.344. The summed E-state index contributed by atoms with van der Waals surface area (Å²) in [5.74, 6) is -0.234. The zero-order chi connectivity index (χ0) is 20.5. The second kappa shape index (κ2) is 7.73. The highest BCUT2D eigenvalue weighted by atomic mass is 19.4. The van der Waals surface area contributed by atoms with Crippen molar-refractivity contribution >= 4 is 17.5 Å². The zero-order valence-electron chi connectivity index (χ0n) is 16.3. The van der Waals surface area contributed by atoms with Crippen molar-refractivity contribution in [1.29, 1.82) is 0 Å². The third-order valence-electron chi connectivity index (χ3n) is 6.00. The number of carbonyl (C=O) groups is 2. The molecule has 0 bridgehead atoms. The molecule has 1 N–H and O–H groups in total. The van der Waals surface area contributed by atoms with Crippen LogP contribution in [0.15, 0.2) is 24.3 Å². The molecule has 5 nitrogen and oxygen atoms in total. The maximum atomic E-state index is 12.9. The van der Waals surface area contributed by atoms with E-state index >= 15 is 0 Å². The average Bonchev–Trinajstić information content (AvgIpc) is 2.65. The Balaban J connectivity index is 1.58. The Morgan fingerprint density at radius 2 is 1.71 bits per heavy atom. The first-order valence-corrected chi connectivity index (χ1v) is 9.70. The smallest absolute Gasteiger partial charge is 0.360 e. The number of hydrogen-bond donors (Lipinski definition) is 1. The van der Waals surface area contributed by atoms with E-state index in [4.69, 9.17) is 0 Å². The second-order valence-electron chi connectivity index (χ2n) is 8.18. The summed E-state index contributed by atoms with van der Waals surface area (Å²) < 4.78 is 38.8. The van der Waals surface area contributed by atoms with E-state index in [9.17, 15) is 22.8 Å². The Bertz CT molecular complexity index is 724. The number of rotatable bonds is 4. The minimum absolute atomic E-state index is 0.117. The van der Waals surface area contributed by atoms with Gasteiger partial charge >= 0.3 is 6.18 Å². The van der Waals surface area contributed by atoms with E-state index in [1.54, 1.807) is 6.07 Å². The Kier molecular flexibility index (Phi) is 5.70. The molecule has 0 saturated carbocycles. The van der Waals surface area contributed by atoms with E-state index in [1.807, 2.05) is 18.7 Å². The SMILES string of the molecule is CCC1(C)CC(=O)N(C[NH+]2CCN(c3cccc(C(F)(F)F)c3)CC2)C(=O)C1. The lowest BCUT2D eigenvalue weighted by atomic mass is 9.77. The normalized spacial score (nSPS) is 21.3. The summed E-state index contributed by atoms with van der Waals surface area (Å²) in [5, 5.41) is 0. The summed E-state index contributed by atoms with van der Waals surface area (Å²) in [6.07, 6.45) is -2.79. The van der Waals surface area contributed by atoms with Gasteiger partial charge in [0.25, 0.3) is 0 Å². The van der Waals surface area contributed by atoms with Gasteiger partial charge < -0.3 is 9.80 Å². The van der Waals surface area contributed by atoms with E-state index in [0.29, 0.717) is 51.4 Å². The average molecular weight is 398 g/mol. The second-order valence-corrected chi connectivity index (χ2v) is 8.18. The minimum Gasteiger partial charge on any atom is -0.360 e. The number of alkyl halides is 3. The van der Waals surface area contributed by atoms with Gasteiger partial charge in [-0.25, -0.2) is 4.90 Å². The molecule has 0 spiro atoms. The number of anilines is 1. The van der Waals surface area contributed by atoms with Crippen LogP contribution in [0, 0.1) is 5.41 Å². The molecule has 1 aromatic rings. The molecule has 28 heavy (non-hydrogen) atoms. The van der Waals surface area contributed by atoms with Gasteiger partial charge in [0.2, 0.25) is 11.8 Å². The van der Waals surface area contributed by atoms with Crippen molar-refractivity contribution < 1.29 is 27.7 Å². The predicted molar refractivity (Wildman–Crippen MR) is 98.7 cm³/mol. The highest BCUT2D eigenvalue weighted by Gasteiger charge is 2.41. The van der Waals surface area contributed by atoms with E-state index in [0.717, 1.165) is 17.4 Å². The Morgan fingerprint density at radius 1 is 1.11 bits per heavy atom. The molecule has 0 aromatic heterocycles. The van der Waals surface area contributed by atoms with Crippen LogP contribution in [0.5, 0.6) is 0 Å². The number of hydrogen-bond acceptors (Lipinski definition) is 3. The highest BCUT2D eigenvalue weighted by Crippen LogP contribution is 2.35. The molecule has 2 aliphatic heterocycles. The number of likely N-dealkylation sites (tertiary alicyclic amines) is 1. The first-order valence-electron chi connectivity index (χ1n) is 9.70. The summed E-state index contributed by atoms with van der Waals surface area (Å²) in [7, 11) is 0. The molecule has 2 saturated heterocycles. The lowest BCUT2D eigenvalue weighted by Crippen LogP contribution is -3.16. The van der Waals surface area contributed by atoms with Crippen LogP contribution in [0.2, 0.25) is 0 Å². The van der Waals surface area contributed by atoms with Gasteiger partial charge in [-0.2, -0.15) is 13.2 Å². The highest BCUT2D eigenvalue weighted by molar-refractivity contribution is 5.98. The largest absolute Gasteiger partial charge is 0.416 e. The third-order valence-corrected chi connectivity index (χ3v) is 6.00. The molecule has 2 heterocycles. The van der Waals surface area contributed by atoms with Gasteiger partial charge in [0, 0.05) is 18.5 Å². The molecule has 3 rings (SSSR count). The van der Waals surface area contributed by atoms with Crippen molar-refractivity contribution in [3.8, 4) is 0 Å². The topological polar surface area (TPSA) is 45.1 Å². The number of benzene rings is 1. The van der Waals surface area contributed by atoms with E-state index in [1.165, 1.54) is 17.0 Å². The van der Waals surface area contributed by atoms with Gasteiger partial charge in [0.1, 0.15) is 0 Å². The monoisotopic (exact) mass is 398 g/mol. The van der Waals surface area contributed by atoms with Crippen molar-refractivity contribution in [1.82, 2.24) is 4.90 Å². The molecular formula is C20H27F3N3O2+. The van der Waals surface area contributed by atoms with Gasteiger partial charge in [0.15, 0.2) is 6.67 Å². The number of piperazine rings is 1. The van der Waals surface area contributed by atoms with Crippen LogP contribution in [0.1, 0.15) is 38.7 Å². The fourth-order valence-corrected chi connectivity index (χ4v) is 3.89. The quantitative estimate of drug-likeness (QED) is 0.789. The fraction of sp³-hybridized carbons (Fsp3) is 0.600. The van der Waals surface area contributed by atoms with Gasteiger partial charge in [-0.1, -0.05) is 19.9 Å². The van der Waals surface area contributed by atoms with Crippen LogP contribution in [0.25, 0.3) is 0 Å². The number of imide groups is 1. The summed E-state index contributed by atoms with van der Waals surface area (Å²) in [6.45, 7) is 6.80. The number of amides is 2. The number of halogens is 3. The van der Waals surface area contributed by atoms with Crippen molar-refractivity contribution in [3.05, 3.63) is 29.8 Å². The van der Waals surface area contributed by atoms with Crippen LogP contribution in [0.4, 0.5) is 18.9 Å². The van der Waals surface area contributed by atoms with E-state index in [2.05, 4.69) is 0 Å². The fourth-order valence-electron chi connectivity index (χ4n) is 3.89. The first-order chi connectivity index (χ1) is 13.1. The number of quaternary nitrogens is 1.